The van der Waals surface area contributed by atoms with Crippen LogP contribution in [0.4, 0.5) is 5.69 Å². The maximum Gasteiger partial charge on any atom is 0.291 e. The molecule has 2 aromatic heterocycles. The molecular formula is C26H18Cl2N2O3. The summed E-state index contributed by atoms with van der Waals surface area (Å²) in [5.41, 5.74) is 5.68. The van der Waals surface area contributed by atoms with Gasteiger partial charge >= 0.3 is 0 Å². The first kappa shape index (κ1) is 21.3. The molecule has 0 spiro atoms. The van der Waals surface area contributed by atoms with E-state index in [2.05, 4.69) is 16.4 Å². The van der Waals surface area contributed by atoms with Crippen molar-refractivity contribution in [3.05, 3.63) is 93.7 Å². The van der Waals surface area contributed by atoms with Crippen molar-refractivity contribution in [2.24, 2.45) is 0 Å². The fraction of sp³-hybridized carbons (Fsp3) is 0.0769. The fourth-order valence-corrected chi connectivity index (χ4v) is 4.04. The van der Waals surface area contributed by atoms with Crippen LogP contribution in [0.5, 0.6) is 0 Å². The number of benzene rings is 3. The van der Waals surface area contributed by atoms with Gasteiger partial charge in [0.15, 0.2) is 11.3 Å². The Morgan fingerprint density at radius 3 is 2.55 bits per heavy atom. The van der Waals surface area contributed by atoms with E-state index < -0.39 is 5.91 Å². The van der Waals surface area contributed by atoms with Gasteiger partial charge in [-0.2, -0.15) is 0 Å². The lowest BCUT2D eigenvalue weighted by atomic mass is 10.1. The summed E-state index contributed by atoms with van der Waals surface area (Å²) < 4.78 is 11.6. The molecule has 7 heteroatoms. The van der Waals surface area contributed by atoms with Crippen molar-refractivity contribution in [1.29, 1.82) is 0 Å². The van der Waals surface area contributed by atoms with Gasteiger partial charge in [-0.25, -0.2) is 4.98 Å². The first-order valence-corrected chi connectivity index (χ1v) is 11.0. The number of hydrogen-bond acceptors (Lipinski definition) is 4. The number of nitrogens with one attached hydrogen (secondary N) is 1. The number of rotatable bonds is 4. The van der Waals surface area contributed by atoms with Crippen molar-refractivity contribution in [3.8, 4) is 22.8 Å². The summed E-state index contributed by atoms with van der Waals surface area (Å²) in [5.74, 6) is 0.756. The van der Waals surface area contributed by atoms with Gasteiger partial charge in [-0.15, -0.1) is 0 Å². The molecule has 33 heavy (non-hydrogen) atoms. The summed E-state index contributed by atoms with van der Waals surface area (Å²) in [4.78, 5) is 17.3. The summed E-state index contributed by atoms with van der Waals surface area (Å²) in [6.45, 7) is 4.07. The molecule has 5 rings (SSSR count). The second-order valence-corrected chi connectivity index (χ2v) is 8.61. The maximum absolute atomic E-state index is 12.7. The summed E-state index contributed by atoms with van der Waals surface area (Å²) in [5, 5.41) is 3.84. The van der Waals surface area contributed by atoms with Gasteiger partial charge in [0.1, 0.15) is 11.3 Å². The average molecular weight is 477 g/mol. The van der Waals surface area contributed by atoms with Crippen molar-refractivity contribution in [1.82, 2.24) is 4.98 Å². The Kier molecular flexibility index (Phi) is 5.44. The molecule has 5 aromatic rings. The number of oxazole rings is 1. The van der Waals surface area contributed by atoms with Gasteiger partial charge in [0.2, 0.25) is 5.89 Å². The first-order chi connectivity index (χ1) is 15.9. The molecule has 0 saturated heterocycles. The molecule has 1 amide bonds. The minimum atomic E-state index is -0.392. The Bertz CT molecular complexity index is 1520. The third kappa shape index (κ3) is 4.25. The van der Waals surface area contributed by atoms with Gasteiger partial charge in [0.25, 0.3) is 5.91 Å². The number of anilines is 1. The molecule has 0 fully saturated rings. The van der Waals surface area contributed by atoms with Crippen molar-refractivity contribution in [2.75, 3.05) is 5.32 Å². The highest BCUT2D eigenvalue weighted by molar-refractivity contribution is 6.35. The predicted octanol–water partition coefficient (Wildman–Crippen LogP) is 7.93. The highest BCUT2D eigenvalue weighted by Gasteiger charge is 2.16. The number of fused-ring (bicyclic) bond motifs is 1. The molecule has 0 unspecified atom stereocenters. The lowest BCUT2D eigenvalue weighted by Crippen LogP contribution is -2.10. The number of nitrogens with zero attached hydrogens (tertiary/aromatic N) is 1. The minimum absolute atomic E-state index is 0.150. The maximum atomic E-state index is 12.7. The fourth-order valence-electron chi connectivity index (χ4n) is 3.66. The third-order valence-electron chi connectivity index (χ3n) is 5.28. The van der Waals surface area contributed by atoms with E-state index in [1.54, 1.807) is 48.5 Å². The Morgan fingerprint density at radius 2 is 1.73 bits per heavy atom. The van der Waals surface area contributed by atoms with Crippen LogP contribution < -0.4 is 5.32 Å². The van der Waals surface area contributed by atoms with Gasteiger partial charge in [-0.1, -0.05) is 40.9 Å². The van der Waals surface area contributed by atoms with Gasteiger partial charge in [0.05, 0.1) is 5.02 Å². The van der Waals surface area contributed by atoms with E-state index in [0.717, 1.165) is 11.1 Å². The number of aromatic nitrogens is 1. The summed E-state index contributed by atoms with van der Waals surface area (Å²) >= 11 is 12.3. The van der Waals surface area contributed by atoms with Crippen molar-refractivity contribution in [2.45, 2.75) is 13.8 Å². The number of furan rings is 1. The molecular weight excluding hydrogens is 459 g/mol. The van der Waals surface area contributed by atoms with Crippen LogP contribution in [0.3, 0.4) is 0 Å². The topological polar surface area (TPSA) is 68.3 Å². The standard InChI is InChI=1S/C26H18Cl2N2O3/c1-14-3-6-18(15(2)11-14)26-30-21-13-17(5-8-23(21)33-26)29-25(31)24-10-9-22(32-24)19-12-16(27)4-7-20(19)28/h3-13H,1-2H3,(H,29,31). The summed E-state index contributed by atoms with van der Waals surface area (Å²) in [7, 11) is 0. The second kappa shape index (κ2) is 8.43. The highest BCUT2D eigenvalue weighted by atomic mass is 35.5. The zero-order valence-electron chi connectivity index (χ0n) is 17.8. The van der Waals surface area contributed by atoms with E-state index in [0.29, 0.717) is 44.0 Å². The van der Waals surface area contributed by atoms with E-state index in [1.807, 2.05) is 26.0 Å². The van der Waals surface area contributed by atoms with E-state index in [-0.39, 0.29) is 5.76 Å². The lowest BCUT2D eigenvalue weighted by molar-refractivity contribution is 0.0997. The molecule has 1 N–H and O–H groups in total. The average Bonchev–Trinajstić information content (AvgIpc) is 3.42. The molecule has 3 aromatic carbocycles. The largest absolute Gasteiger partial charge is 0.451 e. The monoisotopic (exact) mass is 476 g/mol. The van der Waals surface area contributed by atoms with Crippen LogP contribution in [0.25, 0.3) is 33.9 Å². The molecule has 0 bridgehead atoms. The van der Waals surface area contributed by atoms with Crippen LogP contribution in [0, 0.1) is 13.8 Å². The number of hydrogen-bond donors (Lipinski definition) is 1. The highest BCUT2D eigenvalue weighted by Crippen LogP contribution is 2.32. The minimum Gasteiger partial charge on any atom is -0.451 e. The van der Waals surface area contributed by atoms with Gasteiger partial charge < -0.3 is 14.2 Å². The van der Waals surface area contributed by atoms with Crippen molar-refractivity contribution < 1.29 is 13.6 Å². The zero-order valence-corrected chi connectivity index (χ0v) is 19.3. The third-order valence-corrected chi connectivity index (χ3v) is 5.85. The molecule has 0 aliphatic carbocycles. The predicted molar refractivity (Wildman–Crippen MR) is 131 cm³/mol. The Balaban J connectivity index is 1.39. The second-order valence-electron chi connectivity index (χ2n) is 7.76. The van der Waals surface area contributed by atoms with Gasteiger partial charge in [-0.05, 0) is 74.0 Å². The van der Waals surface area contributed by atoms with Crippen LogP contribution in [-0.2, 0) is 0 Å². The Labute approximate surface area is 200 Å². The van der Waals surface area contributed by atoms with E-state index in [1.165, 1.54) is 5.56 Å². The van der Waals surface area contributed by atoms with Crippen LogP contribution in [0.15, 0.2) is 75.6 Å². The molecule has 0 saturated carbocycles. The number of amides is 1. The molecule has 0 aliphatic rings. The Hall–Kier alpha value is -3.54. The Morgan fingerprint density at radius 1 is 0.879 bits per heavy atom. The molecule has 0 radical (unpaired) electrons. The molecule has 5 nitrogen and oxygen atoms in total. The van der Waals surface area contributed by atoms with Crippen LogP contribution in [0.1, 0.15) is 21.7 Å². The van der Waals surface area contributed by atoms with Gasteiger partial charge in [-0.3, -0.25) is 4.79 Å². The van der Waals surface area contributed by atoms with Crippen LogP contribution >= 0.6 is 23.2 Å². The number of halogens is 2. The van der Waals surface area contributed by atoms with Crippen LogP contribution in [0.2, 0.25) is 10.0 Å². The number of carbonyl (C=O) groups is 1. The normalized spacial score (nSPS) is 11.2. The summed E-state index contributed by atoms with van der Waals surface area (Å²) in [6, 6.07) is 19.8. The molecule has 2 heterocycles. The van der Waals surface area contributed by atoms with Crippen LogP contribution in [-0.4, -0.2) is 10.9 Å². The van der Waals surface area contributed by atoms with E-state index >= 15 is 0 Å². The zero-order chi connectivity index (χ0) is 23.1. The number of aryl methyl sites for hydroxylation is 2. The molecule has 164 valence electrons. The quantitative estimate of drug-likeness (QED) is 0.285. The van der Waals surface area contributed by atoms with Gasteiger partial charge in [0, 0.05) is 21.8 Å². The smallest absolute Gasteiger partial charge is 0.291 e. The van der Waals surface area contributed by atoms with E-state index in [4.69, 9.17) is 32.0 Å². The van der Waals surface area contributed by atoms with E-state index in [9.17, 15) is 4.79 Å². The van der Waals surface area contributed by atoms with Crippen molar-refractivity contribution in [3.63, 3.8) is 0 Å². The SMILES string of the molecule is Cc1ccc(-c2nc3cc(NC(=O)c4ccc(-c5cc(Cl)ccc5Cl)o4)ccc3o2)c(C)c1. The van der Waals surface area contributed by atoms with Crippen molar-refractivity contribution >= 4 is 45.9 Å². The first-order valence-electron chi connectivity index (χ1n) is 10.2. The number of carbonyl (C=O) groups excluding carboxylic acids is 1. The molecule has 0 atom stereocenters. The lowest BCUT2D eigenvalue weighted by Gasteiger charge is -2.03. The molecule has 0 aliphatic heterocycles. The summed E-state index contributed by atoms with van der Waals surface area (Å²) in [6.07, 6.45) is 0.